The Kier molecular flexibility index (Phi) is 6.47. The van der Waals surface area contributed by atoms with E-state index in [1.54, 1.807) is 24.3 Å². The third-order valence-electron chi connectivity index (χ3n) is 3.00. The van der Waals surface area contributed by atoms with Gasteiger partial charge in [-0.1, -0.05) is 35.6 Å². The summed E-state index contributed by atoms with van der Waals surface area (Å²) in [5.74, 6) is 5.19. The van der Waals surface area contributed by atoms with Gasteiger partial charge >= 0.3 is 0 Å². The van der Waals surface area contributed by atoms with Gasteiger partial charge in [0.05, 0.1) is 19.2 Å². The Bertz CT molecular complexity index is 783. The normalized spacial score (nSPS) is 9.62. The Hall–Kier alpha value is -2.71. The van der Waals surface area contributed by atoms with Crippen molar-refractivity contribution in [1.82, 2.24) is 5.32 Å². The van der Waals surface area contributed by atoms with Crippen LogP contribution >= 0.6 is 11.6 Å². The number of hydrogen-bond donors (Lipinski definition) is 1. The third kappa shape index (κ3) is 4.90. The van der Waals surface area contributed by atoms with Gasteiger partial charge in [-0.3, -0.25) is 4.79 Å². The minimum atomic E-state index is -0.444. The van der Waals surface area contributed by atoms with Crippen LogP contribution in [0.2, 0.25) is 5.02 Å². The number of carbonyl (C=O) groups excluding carboxylic acids is 1. The van der Waals surface area contributed by atoms with E-state index >= 15 is 0 Å². The van der Waals surface area contributed by atoms with Crippen LogP contribution in [0.25, 0.3) is 0 Å². The molecule has 0 bridgehead atoms. The van der Waals surface area contributed by atoms with Crippen molar-refractivity contribution in [3.63, 3.8) is 0 Å². The van der Waals surface area contributed by atoms with Crippen molar-refractivity contribution in [3.05, 3.63) is 58.9 Å². The topological polar surface area (TPSA) is 47.6 Å². The van der Waals surface area contributed by atoms with Gasteiger partial charge in [0.2, 0.25) is 0 Å². The number of para-hydroxylation sites is 1. The Balaban J connectivity index is 1.83. The average Bonchev–Trinajstić information content (AvgIpc) is 2.59. The molecule has 0 aromatic heterocycles. The average molecular weight is 348 g/mol. The van der Waals surface area contributed by atoms with Crippen molar-refractivity contribution in [3.8, 4) is 23.3 Å². The molecule has 2 aromatic carbocycles. The van der Waals surface area contributed by atoms with Gasteiger partial charge in [-0.05, 0) is 30.3 Å². The molecule has 0 saturated carbocycles. The van der Waals surface area contributed by atoms with Crippen LogP contribution in [0.4, 0.5) is 4.39 Å². The molecule has 0 aliphatic carbocycles. The second kappa shape index (κ2) is 8.80. The Morgan fingerprint density at radius 2 is 2.00 bits per heavy atom. The number of amides is 1. The largest absolute Gasteiger partial charge is 0.496 e. The van der Waals surface area contributed by atoms with Crippen LogP contribution in [0.1, 0.15) is 10.4 Å². The number of hydrogen-bond acceptors (Lipinski definition) is 3. The lowest BCUT2D eigenvalue weighted by atomic mass is 10.2. The zero-order chi connectivity index (χ0) is 17.4. The predicted molar refractivity (Wildman–Crippen MR) is 90.0 cm³/mol. The summed E-state index contributed by atoms with van der Waals surface area (Å²) in [4.78, 5) is 12.1. The minimum Gasteiger partial charge on any atom is -0.496 e. The van der Waals surface area contributed by atoms with Crippen LogP contribution < -0.4 is 14.8 Å². The molecule has 0 unspecified atom stereocenters. The van der Waals surface area contributed by atoms with E-state index in [9.17, 15) is 9.18 Å². The molecular weight excluding hydrogens is 333 g/mol. The second-order valence-electron chi connectivity index (χ2n) is 4.60. The highest BCUT2D eigenvalue weighted by molar-refractivity contribution is 6.31. The SMILES string of the molecule is COc1ccc(Cl)cc1C(=O)NCC#CCOc1ccccc1F. The summed E-state index contributed by atoms with van der Waals surface area (Å²) in [6, 6.07) is 10.8. The van der Waals surface area contributed by atoms with Gasteiger partial charge in [-0.25, -0.2) is 4.39 Å². The third-order valence-corrected chi connectivity index (χ3v) is 3.24. The van der Waals surface area contributed by atoms with Crippen molar-refractivity contribution < 1.29 is 18.7 Å². The summed E-state index contributed by atoms with van der Waals surface area (Å²) < 4.78 is 23.6. The predicted octanol–water partition coefficient (Wildman–Crippen LogP) is 3.30. The molecule has 0 radical (unpaired) electrons. The Morgan fingerprint density at radius 1 is 1.21 bits per heavy atom. The number of benzene rings is 2. The number of carbonyl (C=O) groups is 1. The number of ether oxygens (including phenoxy) is 2. The monoisotopic (exact) mass is 347 g/mol. The molecule has 2 aromatic rings. The molecule has 124 valence electrons. The number of methoxy groups -OCH3 is 1. The van der Waals surface area contributed by atoms with Crippen molar-refractivity contribution in [2.75, 3.05) is 20.3 Å². The van der Waals surface area contributed by atoms with E-state index in [2.05, 4.69) is 17.2 Å². The fraction of sp³-hybridized carbons (Fsp3) is 0.167. The van der Waals surface area contributed by atoms with Crippen LogP contribution in [0.15, 0.2) is 42.5 Å². The number of rotatable bonds is 5. The highest BCUT2D eigenvalue weighted by Gasteiger charge is 2.11. The molecular formula is C18H15ClFNO3. The lowest BCUT2D eigenvalue weighted by Crippen LogP contribution is -2.24. The first-order valence-corrected chi connectivity index (χ1v) is 7.44. The van der Waals surface area contributed by atoms with E-state index < -0.39 is 5.82 Å². The van der Waals surface area contributed by atoms with Gasteiger partial charge in [-0.15, -0.1) is 0 Å². The Labute approximate surface area is 144 Å². The number of halogens is 2. The van der Waals surface area contributed by atoms with Crippen molar-refractivity contribution in [2.24, 2.45) is 0 Å². The van der Waals surface area contributed by atoms with Gasteiger partial charge in [0.1, 0.15) is 12.4 Å². The number of nitrogens with one attached hydrogen (secondary N) is 1. The molecule has 2 rings (SSSR count). The lowest BCUT2D eigenvalue weighted by Gasteiger charge is -2.08. The zero-order valence-electron chi connectivity index (χ0n) is 12.9. The minimum absolute atomic E-state index is 0.0251. The smallest absolute Gasteiger partial charge is 0.255 e. The molecule has 4 nitrogen and oxygen atoms in total. The van der Waals surface area contributed by atoms with Crippen molar-refractivity contribution >= 4 is 17.5 Å². The molecule has 1 amide bonds. The summed E-state index contributed by atoms with van der Waals surface area (Å²) in [5.41, 5.74) is 0.328. The van der Waals surface area contributed by atoms with Crippen LogP contribution in [-0.2, 0) is 0 Å². The summed E-state index contributed by atoms with van der Waals surface area (Å²) >= 11 is 5.88. The molecule has 6 heteroatoms. The molecule has 0 aliphatic rings. The van der Waals surface area contributed by atoms with Gasteiger partial charge in [0.15, 0.2) is 11.6 Å². The maximum atomic E-state index is 13.3. The molecule has 0 heterocycles. The maximum absolute atomic E-state index is 13.3. The van der Waals surface area contributed by atoms with Crippen molar-refractivity contribution in [1.29, 1.82) is 0 Å². The quantitative estimate of drug-likeness (QED) is 0.844. The summed E-state index contributed by atoms with van der Waals surface area (Å²) in [6.45, 7) is 0.145. The van der Waals surface area contributed by atoms with Gasteiger partial charge in [0.25, 0.3) is 5.91 Å². The first-order chi connectivity index (χ1) is 11.6. The fourth-order valence-corrected chi connectivity index (χ4v) is 2.04. The van der Waals surface area contributed by atoms with E-state index in [0.29, 0.717) is 16.3 Å². The summed E-state index contributed by atoms with van der Waals surface area (Å²) in [5, 5.41) is 3.07. The standard InChI is InChI=1S/C18H15ClFNO3/c1-23-16-9-8-13(19)12-14(16)18(22)21-10-4-5-11-24-17-7-3-2-6-15(17)20/h2-3,6-9,12H,10-11H2,1H3,(H,21,22). The molecule has 0 spiro atoms. The highest BCUT2D eigenvalue weighted by Crippen LogP contribution is 2.22. The van der Waals surface area contributed by atoms with Crippen LogP contribution in [-0.4, -0.2) is 26.2 Å². The summed E-state index contributed by atoms with van der Waals surface area (Å²) in [7, 11) is 1.47. The first-order valence-electron chi connectivity index (χ1n) is 7.06. The van der Waals surface area contributed by atoms with Gasteiger partial charge in [0, 0.05) is 5.02 Å². The second-order valence-corrected chi connectivity index (χ2v) is 5.04. The lowest BCUT2D eigenvalue weighted by molar-refractivity contribution is 0.0955. The molecule has 24 heavy (non-hydrogen) atoms. The van der Waals surface area contributed by atoms with E-state index in [0.717, 1.165) is 0 Å². The molecule has 0 aliphatic heterocycles. The van der Waals surface area contributed by atoms with E-state index in [4.69, 9.17) is 21.1 Å². The van der Waals surface area contributed by atoms with Crippen LogP contribution in [0, 0.1) is 17.7 Å². The van der Waals surface area contributed by atoms with E-state index in [-0.39, 0.29) is 24.8 Å². The first kappa shape index (κ1) is 17.6. The van der Waals surface area contributed by atoms with E-state index in [1.165, 1.54) is 25.3 Å². The van der Waals surface area contributed by atoms with Crippen LogP contribution in [0.3, 0.4) is 0 Å². The molecule has 0 fully saturated rings. The van der Waals surface area contributed by atoms with Gasteiger partial charge < -0.3 is 14.8 Å². The van der Waals surface area contributed by atoms with Crippen LogP contribution in [0.5, 0.6) is 11.5 Å². The van der Waals surface area contributed by atoms with Crippen molar-refractivity contribution in [2.45, 2.75) is 0 Å². The Morgan fingerprint density at radius 3 is 2.75 bits per heavy atom. The highest BCUT2D eigenvalue weighted by atomic mass is 35.5. The molecule has 1 N–H and O–H groups in total. The van der Waals surface area contributed by atoms with Gasteiger partial charge in [-0.2, -0.15) is 0 Å². The molecule has 0 saturated heterocycles. The summed E-state index contributed by atoms with van der Waals surface area (Å²) in [6.07, 6.45) is 0. The fourth-order valence-electron chi connectivity index (χ4n) is 1.87. The molecule has 0 atom stereocenters. The zero-order valence-corrected chi connectivity index (χ0v) is 13.7. The maximum Gasteiger partial charge on any atom is 0.255 e. The van der Waals surface area contributed by atoms with E-state index in [1.807, 2.05) is 0 Å².